The second-order valence-corrected chi connectivity index (χ2v) is 33.3. The largest absolute Gasteiger partial charge is 0.508 e. The number of aromatic hydroxyl groups is 3. The topological polar surface area (TPSA) is 288 Å². The molecule has 6 saturated heterocycles. The molecule has 12 heterocycles. The van der Waals surface area contributed by atoms with E-state index in [1.807, 2.05) is 88.7 Å². The molecule has 3 amide bonds. The van der Waals surface area contributed by atoms with Crippen LogP contribution >= 0.6 is 13.5 Å². The number of amides is 3. The third-order valence-electron chi connectivity index (χ3n) is 25.4. The van der Waals surface area contributed by atoms with Crippen LogP contribution in [0.25, 0.3) is 32.3 Å². The summed E-state index contributed by atoms with van der Waals surface area (Å²) in [5, 5.41) is 50.6. The zero-order chi connectivity index (χ0) is 83.8. The zero-order valence-corrected chi connectivity index (χ0v) is 71.3. The third kappa shape index (κ3) is 19.0. The number of carbonyl (C=O) groups is 3. The number of nitriles is 1. The van der Waals surface area contributed by atoms with Crippen LogP contribution < -0.4 is 48.9 Å². The van der Waals surface area contributed by atoms with Crippen LogP contribution in [0.3, 0.4) is 0 Å². The summed E-state index contributed by atoms with van der Waals surface area (Å²) < 4.78 is 18.8. The molecule has 0 spiro atoms. The number of phenols is 3. The van der Waals surface area contributed by atoms with Crippen molar-refractivity contribution in [3.63, 3.8) is 0 Å². The summed E-state index contributed by atoms with van der Waals surface area (Å²) in [6.07, 6.45) is 12.2. The lowest BCUT2D eigenvalue weighted by atomic mass is 10.0. The van der Waals surface area contributed by atoms with E-state index >= 15 is 0 Å². The van der Waals surface area contributed by atoms with Crippen molar-refractivity contribution in [3.05, 3.63) is 181 Å². The zero-order valence-electron chi connectivity index (χ0n) is 70.3. The summed E-state index contributed by atoms with van der Waals surface area (Å²) in [6.45, 7) is 32.2. The van der Waals surface area contributed by atoms with Gasteiger partial charge in [0, 0.05) is 190 Å². The lowest BCUT2D eigenvalue weighted by Gasteiger charge is -2.42. The van der Waals surface area contributed by atoms with Gasteiger partial charge in [-0.15, -0.1) is 0 Å². The summed E-state index contributed by atoms with van der Waals surface area (Å²) in [4.78, 5) is 90.2. The number of benzene rings is 6. The number of hydrogen-bond donors (Lipinski definition) is 4. The molecule has 18 rings (SSSR count). The van der Waals surface area contributed by atoms with E-state index in [1.54, 1.807) is 17.0 Å². The Kier molecular flexibility index (Phi) is 27.0. The van der Waals surface area contributed by atoms with Crippen LogP contribution in [-0.4, -0.2) is 256 Å². The Morgan fingerprint density at radius 2 is 0.902 bits per heavy atom. The van der Waals surface area contributed by atoms with Crippen molar-refractivity contribution in [3.8, 4) is 41.3 Å². The van der Waals surface area contributed by atoms with Crippen molar-refractivity contribution in [2.45, 2.75) is 115 Å². The van der Waals surface area contributed by atoms with Crippen molar-refractivity contribution in [1.82, 2.24) is 59.7 Å². The molecule has 9 aliphatic rings. The summed E-state index contributed by atoms with van der Waals surface area (Å²) >= 11 is 0. The summed E-state index contributed by atoms with van der Waals surface area (Å²) in [5.74, 6) is 3.66. The summed E-state index contributed by atoms with van der Waals surface area (Å²) in [5.41, 5.74) is 9.15. The number of rotatable bonds is 20. The van der Waals surface area contributed by atoms with Gasteiger partial charge in [-0.1, -0.05) is 92.5 Å². The number of nitrogens with one attached hydrogen (secondary N) is 1. The van der Waals surface area contributed by atoms with Crippen LogP contribution in [-0.2, 0) is 53.3 Å². The molecule has 29 heteroatoms. The average molecular weight is 1670 g/mol. The second-order valence-electron chi connectivity index (χ2n) is 33.3. The number of phenolic OH excluding ortho intramolecular Hbond substituents is 3. The van der Waals surface area contributed by atoms with Gasteiger partial charge in [-0.3, -0.25) is 19.3 Å². The van der Waals surface area contributed by atoms with Crippen LogP contribution in [0.15, 0.2) is 147 Å². The van der Waals surface area contributed by atoms with E-state index in [2.05, 4.69) is 109 Å². The maximum absolute atomic E-state index is 12.5. The van der Waals surface area contributed by atoms with Crippen LogP contribution in [0.1, 0.15) is 86.1 Å². The SMILES string of the molecule is C=CC(=O)N1CCN(c2nc(OC[C@@H]3CCCN3C(C)C)nc3c2CCN(c2cc(O)cc4ccccc24)C3)CC1.C=CC(=O)N1CCN(c2nc(OC[C@@H]3CCCN3C)nc3c2CCN(c2cc(O)cc4ccccc24)C3)CC1CC#N.C=CC(=O)N1CCN(c2nc(OC[C@@H]3CCNC3)nc3c2CCN(c2cc(O)cc4ccccc24)C3)CC1.S. The number of ether oxygens (including phenoxy) is 3. The quantitative estimate of drug-likeness (QED) is 0.0516. The Hall–Kier alpha value is -11.7. The highest BCUT2D eigenvalue weighted by molar-refractivity contribution is 7.59. The minimum Gasteiger partial charge on any atom is -0.508 e. The van der Waals surface area contributed by atoms with Crippen LogP contribution in [0, 0.1) is 17.2 Å². The molecular formula is C93H113N19O9S. The fourth-order valence-corrected chi connectivity index (χ4v) is 18.9. The third-order valence-corrected chi connectivity index (χ3v) is 25.4. The van der Waals surface area contributed by atoms with Crippen molar-refractivity contribution in [2.24, 2.45) is 5.92 Å². The first-order valence-corrected chi connectivity index (χ1v) is 43.0. The number of piperazine rings is 3. The van der Waals surface area contributed by atoms with Crippen molar-refractivity contribution in [2.75, 3.05) is 174 Å². The number of aromatic nitrogens is 6. The Labute approximate surface area is 720 Å². The molecule has 1 unspecified atom stereocenters. The van der Waals surface area contributed by atoms with E-state index in [-0.39, 0.29) is 60.9 Å². The Bertz CT molecular complexity index is 5360. The fourth-order valence-electron chi connectivity index (χ4n) is 18.9. The first-order valence-electron chi connectivity index (χ1n) is 43.0. The van der Waals surface area contributed by atoms with Gasteiger partial charge in [0.25, 0.3) is 0 Å². The molecule has 9 aliphatic heterocycles. The molecule has 6 aromatic carbocycles. The Morgan fingerprint density at radius 1 is 0.492 bits per heavy atom. The van der Waals surface area contributed by atoms with Gasteiger partial charge in [0.05, 0.1) is 61.9 Å². The standard InChI is InChI=1S/C32H37N7O3.C32H40N6O3.C29H34N6O3.H2S/c1-3-30(41)39-16-15-38(19-23(39)10-12-33)31-27-11-14-37(29-18-25(40)17-22-7-4-5-9-26(22)29)20-28(27)34-32(35-31)42-21-24-8-6-13-36(24)2;1-4-30(40)35-14-16-36(17-15-35)31-27-11-13-37(29-19-25(39)18-23-8-5-6-10-26(23)29)20-28(27)33-32(34-31)41-21-24-9-7-12-38(24)22(2)3;1-2-27(37)33-11-13-34(14-12-33)28-24-8-10-35(26-16-22(36)15-21-5-3-4-6-23(21)26)18-25(24)31-29(32-28)38-19-20-7-9-30-17-20;/h3-5,7,9,17-18,23-24,40H,1,6,8,10-11,13-16,19-21H2,2H3;4-6,8,10,18-19,22,24,39H,1,7,9,11-17,20-21H2,2-3H3;2-6,15-16,20,30,36H,1,7-14,17-19H2;1H2/t23?,24-;24-;20-;/m001./s1. The molecule has 9 aromatic rings. The van der Waals surface area contributed by atoms with E-state index in [4.69, 9.17) is 44.1 Å². The van der Waals surface area contributed by atoms with Gasteiger partial charge >= 0.3 is 18.0 Å². The number of fused-ring (bicyclic) bond motifs is 6. The molecular weight excluding hydrogens is 1560 g/mol. The molecule has 122 heavy (non-hydrogen) atoms. The molecule has 4 atom stereocenters. The van der Waals surface area contributed by atoms with E-state index in [1.165, 1.54) is 24.6 Å². The maximum Gasteiger partial charge on any atom is 0.318 e. The highest BCUT2D eigenvalue weighted by Gasteiger charge is 2.37. The Balaban J connectivity index is 0.000000142. The number of nitrogens with zero attached hydrogens (tertiary/aromatic N) is 18. The smallest absolute Gasteiger partial charge is 0.318 e. The number of likely N-dealkylation sites (N-methyl/N-ethyl adjacent to an activating group) is 1. The van der Waals surface area contributed by atoms with E-state index < -0.39 is 0 Å². The number of hydrogen-bond acceptors (Lipinski definition) is 25. The molecule has 0 bridgehead atoms. The predicted molar refractivity (Wildman–Crippen MR) is 482 cm³/mol. The monoisotopic (exact) mass is 1670 g/mol. The minimum atomic E-state index is -0.255. The summed E-state index contributed by atoms with van der Waals surface area (Å²) in [7, 11) is 2.12. The lowest BCUT2D eigenvalue weighted by Crippen LogP contribution is -2.55. The average Bonchev–Trinajstić information content (AvgIpc) is 0.824. The van der Waals surface area contributed by atoms with Crippen molar-refractivity contribution >= 4 is 98.1 Å². The van der Waals surface area contributed by atoms with Gasteiger partial charge in [0.2, 0.25) is 17.7 Å². The van der Waals surface area contributed by atoms with Gasteiger partial charge in [0.15, 0.2) is 0 Å². The molecule has 0 aliphatic carbocycles. The van der Waals surface area contributed by atoms with Crippen molar-refractivity contribution in [1.29, 1.82) is 5.26 Å². The summed E-state index contributed by atoms with van der Waals surface area (Å²) in [6, 6.07) is 39.7. The van der Waals surface area contributed by atoms with Gasteiger partial charge in [-0.05, 0) is 144 Å². The van der Waals surface area contributed by atoms with Gasteiger partial charge in [0.1, 0.15) is 47.9 Å². The second kappa shape index (κ2) is 38.6. The van der Waals surface area contributed by atoms with Gasteiger partial charge in [-0.25, -0.2) is 0 Å². The van der Waals surface area contributed by atoms with Crippen LogP contribution in [0.2, 0.25) is 0 Å². The van der Waals surface area contributed by atoms with E-state index in [0.29, 0.717) is 154 Å². The first-order chi connectivity index (χ1) is 58.9. The van der Waals surface area contributed by atoms with E-state index in [0.717, 1.165) is 191 Å². The number of carbonyl (C=O) groups excluding carboxylic acids is 3. The van der Waals surface area contributed by atoms with Crippen LogP contribution in [0.4, 0.5) is 34.5 Å². The van der Waals surface area contributed by atoms with Crippen molar-refractivity contribution < 1.29 is 43.9 Å². The molecule has 0 radical (unpaired) electrons. The number of anilines is 6. The predicted octanol–water partition coefficient (Wildman–Crippen LogP) is 10.3. The molecule has 4 N–H and O–H groups in total. The lowest BCUT2D eigenvalue weighted by molar-refractivity contribution is -0.128. The normalized spacial score (nSPS) is 19.8. The fraction of sp³-hybridized carbons (Fsp3) is 0.441. The first kappa shape index (κ1) is 85.3. The Morgan fingerprint density at radius 3 is 1.31 bits per heavy atom. The minimum absolute atomic E-state index is 0. The maximum atomic E-state index is 12.5. The molecule has 3 aromatic heterocycles. The molecule has 28 nitrogen and oxygen atoms in total. The molecule has 0 saturated carbocycles. The van der Waals surface area contributed by atoms with E-state index in [9.17, 15) is 35.0 Å². The molecule has 6 fully saturated rings. The highest BCUT2D eigenvalue weighted by atomic mass is 32.1. The van der Waals surface area contributed by atoms with Crippen LogP contribution in [0.5, 0.6) is 35.3 Å². The van der Waals surface area contributed by atoms with Gasteiger partial charge in [-0.2, -0.15) is 48.7 Å². The molecule has 640 valence electrons. The van der Waals surface area contributed by atoms with Gasteiger partial charge < -0.3 is 83.8 Å². The number of likely N-dealkylation sites (tertiary alicyclic amines) is 2. The highest BCUT2D eigenvalue weighted by Crippen LogP contribution is 2.42.